The molecule has 0 radical (unpaired) electrons. The van der Waals surface area contributed by atoms with Gasteiger partial charge in [0.05, 0.1) is 24.3 Å². The summed E-state index contributed by atoms with van der Waals surface area (Å²) in [7, 11) is 0. The minimum atomic E-state index is 0.182. The molecule has 3 heteroatoms. The number of nitrogens with zero attached hydrogens (tertiary/aromatic N) is 1. The first-order chi connectivity index (χ1) is 8.31. The van der Waals surface area contributed by atoms with Crippen molar-refractivity contribution in [1.82, 2.24) is 4.98 Å². The zero-order chi connectivity index (χ0) is 11.7. The van der Waals surface area contributed by atoms with Crippen LogP contribution >= 0.6 is 0 Å². The molecule has 1 saturated carbocycles. The van der Waals surface area contributed by atoms with Crippen molar-refractivity contribution in [3.05, 3.63) is 30.1 Å². The summed E-state index contributed by atoms with van der Waals surface area (Å²) >= 11 is 0. The molecule has 0 atom stereocenters. The number of rotatable bonds is 2. The Kier molecular flexibility index (Phi) is 2.89. The van der Waals surface area contributed by atoms with Crippen LogP contribution in [0.5, 0.6) is 0 Å². The van der Waals surface area contributed by atoms with Crippen LogP contribution in [0.4, 0.5) is 0 Å². The van der Waals surface area contributed by atoms with Crippen LogP contribution in [0, 0.1) is 5.92 Å². The third kappa shape index (κ3) is 1.87. The van der Waals surface area contributed by atoms with E-state index in [2.05, 4.69) is 17.1 Å². The van der Waals surface area contributed by atoms with E-state index in [0.29, 0.717) is 12.0 Å². The first-order valence-electron chi connectivity index (χ1n) is 6.56. The Balaban J connectivity index is 1.83. The van der Waals surface area contributed by atoms with Crippen LogP contribution in [0.25, 0.3) is 0 Å². The second-order valence-electron chi connectivity index (χ2n) is 5.48. The fraction of sp³-hybridized carbons (Fsp3) is 0.643. The Hall–Kier alpha value is -0.930. The van der Waals surface area contributed by atoms with E-state index < -0.39 is 0 Å². The quantitative estimate of drug-likeness (QED) is 0.846. The lowest BCUT2D eigenvalue weighted by Gasteiger charge is -2.48. The molecule has 1 aromatic heterocycles. The number of hydrogen-bond donors (Lipinski definition) is 1. The molecular formula is C14H20N2O. The molecule has 2 N–H and O–H groups in total. The first-order valence-corrected chi connectivity index (χ1v) is 6.56. The van der Waals surface area contributed by atoms with Crippen molar-refractivity contribution in [2.75, 3.05) is 13.2 Å². The third-order valence-corrected chi connectivity index (χ3v) is 4.45. The Morgan fingerprint density at radius 2 is 1.94 bits per heavy atom. The van der Waals surface area contributed by atoms with Crippen LogP contribution in [0.15, 0.2) is 24.4 Å². The highest BCUT2D eigenvalue weighted by molar-refractivity contribution is 5.22. The molecule has 1 aliphatic heterocycles. The number of aromatic nitrogens is 1. The Bertz CT molecular complexity index is 367. The number of pyridine rings is 1. The van der Waals surface area contributed by atoms with Crippen LogP contribution in [0.1, 0.15) is 31.4 Å². The van der Waals surface area contributed by atoms with Crippen LogP contribution in [-0.2, 0) is 10.2 Å². The summed E-state index contributed by atoms with van der Waals surface area (Å²) in [6.45, 7) is 1.67. The highest BCUT2D eigenvalue weighted by Crippen LogP contribution is 2.44. The van der Waals surface area contributed by atoms with E-state index in [-0.39, 0.29) is 5.41 Å². The van der Waals surface area contributed by atoms with Crippen molar-refractivity contribution in [1.29, 1.82) is 0 Å². The van der Waals surface area contributed by atoms with Gasteiger partial charge in [0.25, 0.3) is 0 Å². The summed E-state index contributed by atoms with van der Waals surface area (Å²) in [5.74, 6) is 0.700. The van der Waals surface area contributed by atoms with Crippen molar-refractivity contribution in [2.24, 2.45) is 11.7 Å². The molecule has 0 bridgehead atoms. The molecule has 1 aromatic rings. The van der Waals surface area contributed by atoms with Gasteiger partial charge in [-0.2, -0.15) is 0 Å². The Morgan fingerprint density at radius 3 is 2.47 bits per heavy atom. The molecule has 3 nitrogen and oxygen atoms in total. The highest BCUT2D eigenvalue weighted by Gasteiger charge is 2.48. The summed E-state index contributed by atoms with van der Waals surface area (Å²) in [4.78, 5) is 4.56. The Labute approximate surface area is 102 Å². The van der Waals surface area contributed by atoms with Crippen LogP contribution in [0.3, 0.4) is 0 Å². The average molecular weight is 232 g/mol. The van der Waals surface area contributed by atoms with E-state index in [9.17, 15) is 0 Å². The van der Waals surface area contributed by atoms with Gasteiger partial charge < -0.3 is 10.5 Å². The molecule has 1 aliphatic carbocycles. The van der Waals surface area contributed by atoms with Gasteiger partial charge in [-0.1, -0.05) is 6.07 Å². The van der Waals surface area contributed by atoms with Gasteiger partial charge in [-0.15, -0.1) is 0 Å². The molecule has 0 unspecified atom stereocenters. The molecule has 1 saturated heterocycles. The molecule has 2 aliphatic rings. The van der Waals surface area contributed by atoms with Crippen molar-refractivity contribution in [2.45, 2.75) is 37.1 Å². The van der Waals surface area contributed by atoms with Gasteiger partial charge in [0, 0.05) is 12.2 Å². The zero-order valence-electron chi connectivity index (χ0n) is 10.1. The SMILES string of the molecule is NC1CCC(C2(c3ccccn3)COC2)CC1. The fourth-order valence-electron chi connectivity index (χ4n) is 3.24. The summed E-state index contributed by atoms with van der Waals surface area (Å²) in [6.07, 6.45) is 6.64. The van der Waals surface area contributed by atoms with Gasteiger partial charge in [0.2, 0.25) is 0 Å². The summed E-state index contributed by atoms with van der Waals surface area (Å²) < 4.78 is 5.50. The molecule has 17 heavy (non-hydrogen) atoms. The minimum absolute atomic E-state index is 0.182. The summed E-state index contributed by atoms with van der Waals surface area (Å²) in [5.41, 5.74) is 7.39. The molecule has 2 heterocycles. The van der Waals surface area contributed by atoms with Crippen molar-refractivity contribution in [3.63, 3.8) is 0 Å². The second kappa shape index (κ2) is 4.39. The van der Waals surface area contributed by atoms with Gasteiger partial charge in [-0.3, -0.25) is 4.98 Å². The lowest BCUT2D eigenvalue weighted by atomic mass is 9.65. The first kappa shape index (κ1) is 11.2. The van der Waals surface area contributed by atoms with Gasteiger partial charge in [0.1, 0.15) is 0 Å². The monoisotopic (exact) mass is 232 g/mol. The number of nitrogens with two attached hydrogens (primary N) is 1. The highest BCUT2D eigenvalue weighted by atomic mass is 16.5. The van der Waals surface area contributed by atoms with Crippen molar-refractivity contribution in [3.8, 4) is 0 Å². The fourth-order valence-corrected chi connectivity index (χ4v) is 3.24. The van der Waals surface area contributed by atoms with Gasteiger partial charge >= 0.3 is 0 Å². The predicted octanol–water partition coefficient (Wildman–Crippen LogP) is 1.87. The van der Waals surface area contributed by atoms with Crippen LogP contribution in [0.2, 0.25) is 0 Å². The van der Waals surface area contributed by atoms with Gasteiger partial charge in [-0.05, 0) is 43.7 Å². The lowest BCUT2D eigenvalue weighted by molar-refractivity contribution is -0.101. The molecule has 3 rings (SSSR count). The van der Waals surface area contributed by atoms with E-state index in [1.807, 2.05) is 12.3 Å². The average Bonchev–Trinajstić information content (AvgIpc) is 2.32. The molecule has 0 aromatic carbocycles. The normalized spacial score (nSPS) is 31.8. The third-order valence-electron chi connectivity index (χ3n) is 4.45. The van der Waals surface area contributed by atoms with E-state index in [0.717, 1.165) is 26.1 Å². The Morgan fingerprint density at radius 1 is 1.18 bits per heavy atom. The topological polar surface area (TPSA) is 48.1 Å². The molecule has 92 valence electrons. The van der Waals surface area contributed by atoms with E-state index in [4.69, 9.17) is 10.5 Å². The standard InChI is InChI=1S/C14H20N2O/c15-12-6-4-11(5-7-12)14(9-17-10-14)13-3-1-2-8-16-13/h1-3,8,11-12H,4-7,9-10,15H2. The van der Waals surface area contributed by atoms with Gasteiger partial charge in [-0.25, -0.2) is 0 Å². The predicted molar refractivity (Wildman–Crippen MR) is 66.7 cm³/mol. The van der Waals surface area contributed by atoms with Crippen molar-refractivity contribution < 1.29 is 4.74 Å². The van der Waals surface area contributed by atoms with Crippen molar-refractivity contribution >= 4 is 0 Å². The number of ether oxygens (including phenoxy) is 1. The maximum absolute atomic E-state index is 5.99. The minimum Gasteiger partial charge on any atom is -0.379 e. The van der Waals surface area contributed by atoms with E-state index in [1.165, 1.54) is 18.5 Å². The maximum Gasteiger partial charge on any atom is 0.0621 e. The largest absolute Gasteiger partial charge is 0.379 e. The zero-order valence-corrected chi connectivity index (χ0v) is 10.1. The summed E-state index contributed by atoms with van der Waals surface area (Å²) in [5, 5.41) is 0. The molecular weight excluding hydrogens is 212 g/mol. The molecule has 2 fully saturated rings. The second-order valence-corrected chi connectivity index (χ2v) is 5.48. The molecule has 0 amide bonds. The number of hydrogen-bond acceptors (Lipinski definition) is 3. The van der Waals surface area contributed by atoms with Crippen LogP contribution in [-0.4, -0.2) is 24.2 Å². The smallest absolute Gasteiger partial charge is 0.0621 e. The van der Waals surface area contributed by atoms with E-state index >= 15 is 0 Å². The summed E-state index contributed by atoms with van der Waals surface area (Å²) in [6, 6.07) is 6.62. The molecule has 0 spiro atoms. The maximum atomic E-state index is 5.99. The van der Waals surface area contributed by atoms with Gasteiger partial charge in [0.15, 0.2) is 0 Å². The lowest BCUT2D eigenvalue weighted by Crippen LogP contribution is -2.54. The van der Waals surface area contributed by atoms with Crippen LogP contribution < -0.4 is 5.73 Å². The van der Waals surface area contributed by atoms with E-state index in [1.54, 1.807) is 0 Å².